The molecule has 3 heteroatoms. The summed E-state index contributed by atoms with van der Waals surface area (Å²) in [6.07, 6.45) is 4.25. The van der Waals surface area contributed by atoms with Crippen LogP contribution in [0.25, 0.3) is 60.9 Å². The van der Waals surface area contributed by atoms with Crippen molar-refractivity contribution in [2.75, 3.05) is 9.80 Å². The van der Waals surface area contributed by atoms with Gasteiger partial charge in [-0.25, -0.2) is 0 Å². The smallest absolute Gasteiger partial charge is 0.143 e. The minimum atomic E-state index is -0.0875. The van der Waals surface area contributed by atoms with Crippen LogP contribution in [0.3, 0.4) is 0 Å². The predicted molar refractivity (Wildman–Crippen MR) is 275 cm³/mol. The van der Waals surface area contributed by atoms with Gasteiger partial charge in [0.05, 0.1) is 5.70 Å². The zero-order valence-corrected chi connectivity index (χ0v) is 36.7. The Bertz CT molecular complexity index is 3600. The first-order chi connectivity index (χ1) is 32.5. The van der Waals surface area contributed by atoms with Gasteiger partial charge in [0, 0.05) is 61.3 Å². The van der Waals surface area contributed by atoms with Gasteiger partial charge in [0.1, 0.15) is 11.2 Å². The minimum Gasteiger partial charge on any atom is -0.455 e. The molecule has 1 aromatic heterocycles. The maximum absolute atomic E-state index is 6.73. The lowest BCUT2D eigenvalue weighted by Gasteiger charge is -2.28. The summed E-state index contributed by atoms with van der Waals surface area (Å²) in [5.74, 6) is 0. The van der Waals surface area contributed by atoms with E-state index >= 15 is 0 Å². The maximum atomic E-state index is 6.73. The van der Waals surface area contributed by atoms with Crippen LogP contribution in [0.4, 0.5) is 28.4 Å². The summed E-state index contributed by atoms with van der Waals surface area (Å²) >= 11 is 0. The van der Waals surface area contributed by atoms with E-state index in [1.807, 2.05) is 12.1 Å². The molecule has 2 aliphatic rings. The molecule has 2 aliphatic carbocycles. The van der Waals surface area contributed by atoms with E-state index in [1.54, 1.807) is 0 Å². The molecule has 312 valence electrons. The van der Waals surface area contributed by atoms with Crippen LogP contribution in [-0.2, 0) is 5.41 Å². The van der Waals surface area contributed by atoms with Crippen LogP contribution in [0.2, 0.25) is 0 Å². The summed E-state index contributed by atoms with van der Waals surface area (Å²) in [4.78, 5) is 4.59. The molecule has 0 saturated carbocycles. The number of hydrogen-bond donors (Lipinski definition) is 0. The van der Waals surface area contributed by atoms with Gasteiger partial charge in [-0.1, -0.05) is 171 Å². The first-order valence-electron chi connectivity index (χ1n) is 22.6. The van der Waals surface area contributed by atoms with E-state index in [4.69, 9.17) is 4.42 Å². The molecule has 9 aromatic carbocycles. The number of allylic oxidation sites excluding steroid dienone is 3. The summed E-state index contributed by atoms with van der Waals surface area (Å²) < 4.78 is 6.73. The van der Waals surface area contributed by atoms with E-state index in [-0.39, 0.29) is 5.41 Å². The highest BCUT2D eigenvalue weighted by atomic mass is 16.3. The molecular formula is C63H44N2O. The lowest BCUT2D eigenvalue weighted by molar-refractivity contribution is 0.660. The SMILES string of the molecule is CC1(C)c2ccccc2-c2ccc(N(c3ccccc3)c3ccc(-c4ccc(N(C5=C=C=C(c6cccc7c6oc6c(-c8ccccc8)cccc67)C=C5)c5ccccc5)cc4)cc3)cc21. The lowest BCUT2D eigenvalue weighted by Crippen LogP contribution is -2.16. The molecule has 0 atom stereocenters. The molecule has 0 radical (unpaired) electrons. The number of rotatable bonds is 9. The largest absolute Gasteiger partial charge is 0.455 e. The van der Waals surface area contributed by atoms with Crippen LogP contribution in [0.1, 0.15) is 30.5 Å². The Labute approximate surface area is 385 Å². The van der Waals surface area contributed by atoms with Crippen molar-refractivity contribution in [1.29, 1.82) is 0 Å². The van der Waals surface area contributed by atoms with Gasteiger partial charge in [-0.3, -0.25) is 0 Å². The standard InChI is InChI=1S/C63H44N2O/c1-63(2)59-27-13-12-22-55(59)56-41-40-52(42-60(56)63)65(48-20-10-5-11-21-48)51-36-30-44(31-37-51)43-28-34-49(35-29-43)64(47-18-8-4-9-19-47)50-38-32-46(33-39-50)54-24-15-26-58-57-25-14-23-53(61(57)66-62(54)58)45-16-6-3-7-17-45/h3-32,34-38,40-42H,1-2H3. The molecule has 0 spiro atoms. The van der Waals surface area contributed by atoms with Crippen molar-refractivity contribution in [3.8, 4) is 33.4 Å². The second-order valence-corrected chi connectivity index (χ2v) is 17.6. The number of nitrogens with zero attached hydrogens (tertiary/aromatic N) is 2. The van der Waals surface area contributed by atoms with E-state index in [2.05, 4.69) is 254 Å². The fourth-order valence-corrected chi connectivity index (χ4v) is 10.0. The van der Waals surface area contributed by atoms with Gasteiger partial charge in [0.15, 0.2) is 0 Å². The predicted octanol–water partition coefficient (Wildman–Crippen LogP) is 17.1. The van der Waals surface area contributed by atoms with Crippen molar-refractivity contribution in [3.63, 3.8) is 0 Å². The fourth-order valence-electron chi connectivity index (χ4n) is 10.0. The van der Waals surface area contributed by atoms with Crippen molar-refractivity contribution in [2.45, 2.75) is 19.3 Å². The topological polar surface area (TPSA) is 19.6 Å². The van der Waals surface area contributed by atoms with E-state index < -0.39 is 0 Å². The van der Waals surface area contributed by atoms with Crippen LogP contribution < -0.4 is 9.80 Å². The molecule has 0 fully saturated rings. The molecule has 3 nitrogen and oxygen atoms in total. The van der Waals surface area contributed by atoms with Gasteiger partial charge in [-0.2, -0.15) is 0 Å². The normalized spacial score (nSPS) is 13.3. The van der Waals surface area contributed by atoms with Crippen molar-refractivity contribution in [3.05, 3.63) is 264 Å². The Morgan fingerprint density at radius 1 is 0.364 bits per heavy atom. The number of para-hydroxylation sites is 4. The molecule has 1 heterocycles. The second kappa shape index (κ2) is 15.9. The Kier molecular flexibility index (Phi) is 9.40. The third-order valence-corrected chi connectivity index (χ3v) is 13.3. The third kappa shape index (κ3) is 6.62. The van der Waals surface area contributed by atoms with Gasteiger partial charge in [0.25, 0.3) is 0 Å². The number of furan rings is 1. The maximum Gasteiger partial charge on any atom is 0.143 e. The zero-order valence-electron chi connectivity index (χ0n) is 36.7. The van der Waals surface area contributed by atoms with E-state index in [0.29, 0.717) is 0 Å². The fraction of sp³-hybridized carbons (Fsp3) is 0.0476. The van der Waals surface area contributed by atoms with Crippen molar-refractivity contribution in [2.24, 2.45) is 0 Å². The molecule has 0 unspecified atom stereocenters. The van der Waals surface area contributed by atoms with Crippen LogP contribution in [0, 0.1) is 0 Å². The highest BCUT2D eigenvalue weighted by Gasteiger charge is 2.35. The van der Waals surface area contributed by atoms with Crippen LogP contribution >= 0.6 is 0 Å². The van der Waals surface area contributed by atoms with E-state index in [0.717, 1.165) is 89.5 Å². The molecule has 0 N–H and O–H groups in total. The molecule has 0 amide bonds. The third-order valence-electron chi connectivity index (χ3n) is 13.3. The van der Waals surface area contributed by atoms with Crippen molar-refractivity contribution >= 4 is 55.9 Å². The average molecular weight is 845 g/mol. The van der Waals surface area contributed by atoms with Crippen LogP contribution in [-0.4, -0.2) is 0 Å². The first kappa shape index (κ1) is 39.0. The molecule has 0 saturated heterocycles. The van der Waals surface area contributed by atoms with Crippen molar-refractivity contribution < 1.29 is 4.42 Å². The molecular weight excluding hydrogens is 801 g/mol. The Morgan fingerprint density at radius 2 is 0.864 bits per heavy atom. The molecule has 12 rings (SSSR count). The van der Waals surface area contributed by atoms with Gasteiger partial charge in [-0.15, -0.1) is 0 Å². The summed E-state index contributed by atoms with van der Waals surface area (Å²) in [5, 5.41) is 2.19. The number of fused-ring (bicyclic) bond motifs is 6. The first-order valence-corrected chi connectivity index (χ1v) is 22.6. The highest BCUT2D eigenvalue weighted by molar-refractivity contribution is 6.12. The second-order valence-electron chi connectivity index (χ2n) is 17.6. The summed E-state index contributed by atoms with van der Waals surface area (Å²) in [5.41, 5.74) is 26.8. The molecule has 66 heavy (non-hydrogen) atoms. The summed E-state index contributed by atoms with van der Waals surface area (Å²) in [6.45, 7) is 4.68. The lowest BCUT2D eigenvalue weighted by atomic mass is 9.82. The average Bonchev–Trinajstić information content (AvgIpc) is 3.88. The number of benzene rings is 9. The van der Waals surface area contributed by atoms with Crippen molar-refractivity contribution in [1.82, 2.24) is 0 Å². The zero-order chi connectivity index (χ0) is 44.2. The number of anilines is 5. The molecule has 0 aliphatic heterocycles. The quantitative estimate of drug-likeness (QED) is 0.135. The molecule has 10 aromatic rings. The van der Waals surface area contributed by atoms with Gasteiger partial charge in [0.2, 0.25) is 0 Å². The minimum absolute atomic E-state index is 0.0875. The van der Waals surface area contributed by atoms with E-state index in [1.165, 1.54) is 22.3 Å². The van der Waals surface area contributed by atoms with Gasteiger partial charge >= 0.3 is 0 Å². The molecule has 0 bridgehead atoms. The Balaban J connectivity index is 0.871. The van der Waals surface area contributed by atoms with Crippen LogP contribution in [0.5, 0.6) is 0 Å². The van der Waals surface area contributed by atoms with E-state index in [9.17, 15) is 0 Å². The number of hydrogen-bond acceptors (Lipinski definition) is 3. The monoisotopic (exact) mass is 844 g/mol. The summed E-state index contributed by atoms with van der Waals surface area (Å²) in [7, 11) is 0. The van der Waals surface area contributed by atoms with Gasteiger partial charge < -0.3 is 14.2 Å². The Hall–Kier alpha value is -8.58. The van der Waals surface area contributed by atoms with Gasteiger partial charge in [-0.05, 0) is 124 Å². The summed E-state index contributed by atoms with van der Waals surface area (Å²) in [6, 6.07) is 77.8. The Morgan fingerprint density at radius 3 is 1.50 bits per heavy atom. The van der Waals surface area contributed by atoms with Crippen LogP contribution in [0.15, 0.2) is 252 Å². The highest BCUT2D eigenvalue weighted by Crippen LogP contribution is 2.51.